The SMILES string of the molecule is CC(C)c1cccc(N(C)C(=O)CC2COCCN2)c1. The van der Waals surface area contributed by atoms with Crippen molar-refractivity contribution in [2.75, 3.05) is 31.7 Å². The van der Waals surface area contributed by atoms with Gasteiger partial charge in [0.05, 0.1) is 13.2 Å². The van der Waals surface area contributed by atoms with Crippen LogP contribution in [0, 0.1) is 0 Å². The molecule has 1 aliphatic rings. The van der Waals surface area contributed by atoms with Crippen LogP contribution in [-0.4, -0.2) is 38.8 Å². The molecule has 1 fully saturated rings. The van der Waals surface area contributed by atoms with E-state index in [1.807, 2.05) is 19.2 Å². The molecular weight excluding hydrogens is 252 g/mol. The maximum absolute atomic E-state index is 12.3. The number of nitrogens with zero attached hydrogens (tertiary/aromatic N) is 1. The number of morpholine rings is 1. The Morgan fingerprint density at radius 2 is 2.30 bits per heavy atom. The Morgan fingerprint density at radius 3 is 2.95 bits per heavy atom. The van der Waals surface area contributed by atoms with Crippen LogP contribution in [0.4, 0.5) is 5.69 Å². The lowest BCUT2D eigenvalue weighted by atomic mass is 10.0. The highest BCUT2D eigenvalue weighted by atomic mass is 16.5. The predicted octanol–water partition coefficient (Wildman–Crippen LogP) is 2.15. The molecule has 1 saturated heterocycles. The fourth-order valence-electron chi connectivity index (χ4n) is 2.34. The van der Waals surface area contributed by atoms with Gasteiger partial charge >= 0.3 is 0 Å². The van der Waals surface area contributed by atoms with Gasteiger partial charge < -0.3 is 15.0 Å². The number of carbonyl (C=O) groups is 1. The summed E-state index contributed by atoms with van der Waals surface area (Å²) in [6, 6.07) is 8.31. The van der Waals surface area contributed by atoms with Gasteiger partial charge in [0.1, 0.15) is 0 Å². The first-order valence-electron chi connectivity index (χ1n) is 7.25. The second-order valence-corrected chi connectivity index (χ2v) is 5.63. The van der Waals surface area contributed by atoms with Gasteiger partial charge in [-0.15, -0.1) is 0 Å². The first-order valence-corrected chi connectivity index (χ1v) is 7.25. The van der Waals surface area contributed by atoms with Gasteiger partial charge in [-0.25, -0.2) is 0 Å². The van der Waals surface area contributed by atoms with E-state index in [-0.39, 0.29) is 11.9 Å². The molecule has 110 valence electrons. The van der Waals surface area contributed by atoms with E-state index in [1.54, 1.807) is 4.90 Å². The van der Waals surface area contributed by atoms with E-state index in [0.717, 1.165) is 18.8 Å². The number of benzene rings is 1. The summed E-state index contributed by atoms with van der Waals surface area (Å²) in [5, 5.41) is 3.31. The quantitative estimate of drug-likeness (QED) is 0.916. The molecule has 1 aliphatic heterocycles. The van der Waals surface area contributed by atoms with E-state index >= 15 is 0 Å². The van der Waals surface area contributed by atoms with E-state index in [1.165, 1.54) is 5.56 Å². The van der Waals surface area contributed by atoms with Gasteiger partial charge in [-0.05, 0) is 23.6 Å². The summed E-state index contributed by atoms with van der Waals surface area (Å²) < 4.78 is 5.39. The first kappa shape index (κ1) is 15.0. The third kappa shape index (κ3) is 3.81. The summed E-state index contributed by atoms with van der Waals surface area (Å²) in [5.74, 6) is 0.584. The van der Waals surface area contributed by atoms with Crippen molar-refractivity contribution in [3.05, 3.63) is 29.8 Å². The van der Waals surface area contributed by atoms with Crippen molar-refractivity contribution in [3.8, 4) is 0 Å². The van der Waals surface area contributed by atoms with Crippen LogP contribution in [-0.2, 0) is 9.53 Å². The number of hydrogen-bond acceptors (Lipinski definition) is 3. The maximum Gasteiger partial charge on any atom is 0.228 e. The Morgan fingerprint density at radius 1 is 1.50 bits per heavy atom. The van der Waals surface area contributed by atoms with Gasteiger partial charge in [-0.3, -0.25) is 4.79 Å². The molecule has 1 atom stereocenters. The zero-order valence-corrected chi connectivity index (χ0v) is 12.6. The van der Waals surface area contributed by atoms with Crippen molar-refractivity contribution in [1.29, 1.82) is 0 Å². The molecule has 4 nitrogen and oxygen atoms in total. The van der Waals surface area contributed by atoms with Crippen molar-refractivity contribution < 1.29 is 9.53 Å². The smallest absolute Gasteiger partial charge is 0.228 e. The number of ether oxygens (including phenoxy) is 1. The molecule has 0 aliphatic carbocycles. The van der Waals surface area contributed by atoms with Crippen LogP contribution in [0.25, 0.3) is 0 Å². The van der Waals surface area contributed by atoms with Gasteiger partial charge in [-0.1, -0.05) is 26.0 Å². The molecule has 20 heavy (non-hydrogen) atoms. The van der Waals surface area contributed by atoms with Crippen LogP contribution < -0.4 is 10.2 Å². The fourth-order valence-corrected chi connectivity index (χ4v) is 2.34. The molecule has 1 unspecified atom stereocenters. The van der Waals surface area contributed by atoms with E-state index in [2.05, 4.69) is 31.3 Å². The molecule has 0 bridgehead atoms. The summed E-state index contributed by atoms with van der Waals surface area (Å²) >= 11 is 0. The van der Waals surface area contributed by atoms with E-state index in [4.69, 9.17) is 4.74 Å². The third-order valence-corrected chi connectivity index (χ3v) is 3.72. The topological polar surface area (TPSA) is 41.6 Å². The molecular formula is C16H24N2O2. The number of anilines is 1. The van der Waals surface area contributed by atoms with Gasteiger partial charge in [0, 0.05) is 31.7 Å². The summed E-state index contributed by atoms with van der Waals surface area (Å²) in [5.41, 5.74) is 2.21. The van der Waals surface area contributed by atoms with Crippen molar-refractivity contribution >= 4 is 11.6 Å². The lowest BCUT2D eigenvalue weighted by Gasteiger charge is -2.26. The summed E-state index contributed by atoms with van der Waals surface area (Å²) in [6.45, 7) is 6.49. The molecule has 1 aromatic carbocycles. The average Bonchev–Trinajstić information content (AvgIpc) is 2.47. The molecule has 0 saturated carbocycles. The molecule has 1 N–H and O–H groups in total. The highest BCUT2D eigenvalue weighted by Gasteiger charge is 2.20. The average molecular weight is 276 g/mol. The number of amides is 1. The monoisotopic (exact) mass is 276 g/mol. The van der Waals surface area contributed by atoms with Gasteiger partial charge in [0.25, 0.3) is 0 Å². The minimum absolute atomic E-state index is 0.119. The minimum atomic E-state index is 0.119. The molecule has 1 amide bonds. The van der Waals surface area contributed by atoms with Crippen LogP contribution in [0.1, 0.15) is 31.7 Å². The standard InChI is InChI=1S/C16H24N2O2/c1-12(2)13-5-4-6-15(9-13)18(3)16(19)10-14-11-20-8-7-17-14/h4-6,9,12,14,17H,7-8,10-11H2,1-3H3. The Kier molecular flexibility index (Phi) is 5.15. The molecule has 1 heterocycles. The Bertz CT molecular complexity index is 454. The molecule has 4 heteroatoms. The minimum Gasteiger partial charge on any atom is -0.378 e. The third-order valence-electron chi connectivity index (χ3n) is 3.72. The predicted molar refractivity (Wildman–Crippen MR) is 81.2 cm³/mol. The van der Waals surface area contributed by atoms with Gasteiger partial charge in [0.2, 0.25) is 5.91 Å². The zero-order valence-electron chi connectivity index (χ0n) is 12.6. The highest BCUT2D eigenvalue weighted by Crippen LogP contribution is 2.21. The molecule has 1 aromatic rings. The normalized spacial score (nSPS) is 19.1. The van der Waals surface area contributed by atoms with Crippen LogP contribution in [0.5, 0.6) is 0 Å². The number of hydrogen-bond donors (Lipinski definition) is 1. The van der Waals surface area contributed by atoms with Crippen LogP contribution >= 0.6 is 0 Å². The number of rotatable bonds is 4. The molecule has 0 aromatic heterocycles. The van der Waals surface area contributed by atoms with Crippen LogP contribution in [0.3, 0.4) is 0 Å². The number of nitrogens with one attached hydrogen (secondary N) is 1. The Balaban J connectivity index is 2.00. The molecule has 0 spiro atoms. The molecule has 0 radical (unpaired) electrons. The van der Waals surface area contributed by atoms with E-state index in [9.17, 15) is 4.79 Å². The van der Waals surface area contributed by atoms with Gasteiger partial charge in [0.15, 0.2) is 0 Å². The van der Waals surface area contributed by atoms with Crippen LogP contribution in [0.2, 0.25) is 0 Å². The highest BCUT2D eigenvalue weighted by molar-refractivity contribution is 5.93. The number of carbonyl (C=O) groups excluding carboxylic acids is 1. The Hall–Kier alpha value is -1.39. The lowest BCUT2D eigenvalue weighted by molar-refractivity contribution is -0.119. The molecule has 2 rings (SSSR count). The van der Waals surface area contributed by atoms with Crippen molar-refractivity contribution in [1.82, 2.24) is 5.32 Å². The lowest BCUT2D eigenvalue weighted by Crippen LogP contribution is -2.44. The van der Waals surface area contributed by atoms with E-state index < -0.39 is 0 Å². The van der Waals surface area contributed by atoms with E-state index in [0.29, 0.717) is 18.9 Å². The second-order valence-electron chi connectivity index (χ2n) is 5.63. The second kappa shape index (κ2) is 6.86. The van der Waals surface area contributed by atoms with Crippen molar-refractivity contribution in [2.45, 2.75) is 32.2 Å². The van der Waals surface area contributed by atoms with Crippen LogP contribution in [0.15, 0.2) is 24.3 Å². The summed E-state index contributed by atoms with van der Waals surface area (Å²) in [4.78, 5) is 14.1. The van der Waals surface area contributed by atoms with Gasteiger partial charge in [-0.2, -0.15) is 0 Å². The first-order chi connectivity index (χ1) is 9.58. The maximum atomic E-state index is 12.3. The van der Waals surface area contributed by atoms with Crippen molar-refractivity contribution in [2.24, 2.45) is 0 Å². The summed E-state index contributed by atoms with van der Waals surface area (Å²) in [6.07, 6.45) is 0.475. The van der Waals surface area contributed by atoms with Crippen molar-refractivity contribution in [3.63, 3.8) is 0 Å². The zero-order chi connectivity index (χ0) is 14.5. The largest absolute Gasteiger partial charge is 0.378 e. The summed E-state index contributed by atoms with van der Waals surface area (Å²) in [7, 11) is 1.84. The fraction of sp³-hybridized carbons (Fsp3) is 0.562. The Labute approximate surface area is 121 Å².